The number of hydrogen-bond donors (Lipinski definition) is 1. The second-order valence-electron chi connectivity index (χ2n) is 7.51. The van der Waals surface area contributed by atoms with Crippen molar-refractivity contribution in [2.75, 3.05) is 0 Å². The van der Waals surface area contributed by atoms with Crippen molar-refractivity contribution in [2.24, 2.45) is 11.8 Å². The molecule has 0 radical (unpaired) electrons. The summed E-state index contributed by atoms with van der Waals surface area (Å²) >= 11 is 0. The molecule has 4 nitrogen and oxygen atoms in total. The summed E-state index contributed by atoms with van der Waals surface area (Å²) in [6, 6.07) is 0. The summed E-state index contributed by atoms with van der Waals surface area (Å²) in [5.74, 6) is -0.771. The average Bonchev–Trinajstić information content (AvgIpc) is 3.03. The maximum Gasteiger partial charge on any atom is 0.426 e. The Morgan fingerprint density at radius 3 is 2.07 bits per heavy atom. The SMILES string of the molecule is C=C(C)C(=O)OC1CC2CC(OC(C)CC(O)(C(F)(F)F)C(F)(F)F)C1C2. The van der Waals surface area contributed by atoms with Crippen molar-refractivity contribution in [3.8, 4) is 0 Å². The van der Waals surface area contributed by atoms with Crippen LogP contribution in [0.5, 0.6) is 0 Å². The highest BCUT2D eigenvalue weighted by molar-refractivity contribution is 5.87. The number of rotatable bonds is 6. The fourth-order valence-corrected chi connectivity index (χ4v) is 3.91. The highest BCUT2D eigenvalue weighted by Gasteiger charge is 2.70. The summed E-state index contributed by atoms with van der Waals surface area (Å²) in [6.45, 7) is 6.00. The number of halogens is 6. The number of carbonyl (C=O) groups excluding carboxylic acids is 1. The van der Waals surface area contributed by atoms with Crippen molar-refractivity contribution >= 4 is 5.97 Å². The topological polar surface area (TPSA) is 55.8 Å². The molecule has 2 saturated carbocycles. The van der Waals surface area contributed by atoms with Gasteiger partial charge in [-0.05, 0) is 39.0 Å². The van der Waals surface area contributed by atoms with E-state index in [4.69, 9.17) is 9.47 Å². The summed E-state index contributed by atoms with van der Waals surface area (Å²) in [4.78, 5) is 11.7. The Morgan fingerprint density at radius 2 is 1.63 bits per heavy atom. The normalized spacial score (nSPS) is 29.7. The number of esters is 1. The number of ether oxygens (including phenoxy) is 2. The van der Waals surface area contributed by atoms with Crippen LogP contribution in [0.25, 0.3) is 0 Å². The van der Waals surface area contributed by atoms with Gasteiger partial charge in [0.2, 0.25) is 0 Å². The Morgan fingerprint density at radius 1 is 1.11 bits per heavy atom. The predicted octanol–water partition coefficient (Wildman–Crippen LogP) is 3.92. The lowest BCUT2D eigenvalue weighted by Gasteiger charge is -2.36. The summed E-state index contributed by atoms with van der Waals surface area (Å²) < 4.78 is 87.6. The summed E-state index contributed by atoms with van der Waals surface area (Å²) in [5, 5.41) is 9.28. The van der Waals surface area contributed by atoms with Gasteiger partial charge in [0.25, 0.3) is 5.60 Å². The zero-order chi connectivity index (χ0) is 20.8. The van der Waals surface area contributed by atoms with E-state index in [-0.39, 0.29) is 17.4 Å². The molecule has 10 heteroatoms. The van der Waals surface area contributed by atoms with Crippen molar-refractivity contribution in [2.45, 2.75) is 75.8 Å². The van der Waals surface area contributed by atoms with Gasteiger partial charge in [-0.3, -0.25) is 0 Å². The van der Waals surface area contributed by atoms with Gasteiger partial charge in [-0.1, -0.05) is 6.58 Å². The summed E-state index contributed by atoms with van der Waals surface area (Å²) in [7, 11) is 0. The van der Waals surface area contributed by atoms with Gasteiger partial charge in [-0.2, -0.15) is 26.3 Å². The molecule has 5 atom stereocenters. The molecule has 0 heterocycles. The van der Waals surface area contributed by atoms with E-state index in [0.717, 1.165) is 6.92 Å². The second-order valence-corrected chi connectivity index (χ2v) is 7.51. The third-order valence-electron chi connectivity index (χ3n) is 5.23. The standard InChI is InChI=1S/C17H22F6O4/c1-8(2)14(24)27-13-6-10-4-11(13)12(5-10)26-9(3)7-15(25,16(18,19)20)17(21,22)23/h9-13,25H,1,4-7H2,2-3H3. The first-order chi connectivity index (χ1) is 12.2. The molecule has 2 fully saturated rings. The first-order valence-electron chi connectivity index (χ1n) is 8.53. The molecule has 0 saturated heterocycles. The van der Waals surface area contributed by atoms with Crippen LogP contribution in [0.15, 0.2) is 12.2 Å². The van der Waals surface area contributed by atoms with Crippen LogP contribution in [-0.4, -0.2) is 47.3 Å². The number of carbonyl (C=O) groups is 1. The molecule has 2 aliphatic rings. The molecular weight excluding hydrogens is 382 g/mol. The van der Waals surface area contributed by atoms with E-state index >= 15 is 0 Å². The van der Waals surface area contributed by atoms with Gasteiger partial charge in [-0.25, -0.2) is 4.79 Å². The highest BCUT2D eigenvalue weighted by Crippen LogP contribution is 2.50. The minimum absolute atomic E-state index is 0.124. The number of fused-ring (bicyclic) bond motifs is 2. The lowest BCUT2D eigenvalue weighted by Crippen LogP contribution is -2.58. The van der Waals surface area contributed by atoms with Crippen molar-refractivity contribution in [3.63, 3.8) is 0 Å². The molecule has 1 N–H and O–H groups in total. The molecule has 27 heavy (non-hydrogen) atoms. The van der Waals surface area contributed by atoms with Gasteiger partial charge in [-0.15, -0.1) is 0 Å². The quantitative estimate of drug-likeness (QED) is 0.414. The van der Waals surface area contributed by atoms with Crippen molar-refractivity contribution < 1.29 is 45.7 Å². The Hall–Kier alpha value is -1.29. The number of hydrogen-bond acceptors (Lipinski definition) is 4. The second kappa shape index (κ2) is 7.27. The van der Waals surface area contributed by atoms with Crippen molar-refractivity contribution in [1.29, 1.82) is 0 Å². The molecular formula is C17H22F6O4. The van der Waals surface area contributed by atoms with Crippen LogP contribution >= 0.6 is 0 Å². The first kappa shape index (κ1) is 22.0. The largest absolute Gasteiger partial charge is 0.459 e. The van der Waals surface area contributed by atoms with Crippen LogP contribution in [0, 0.1) is 11.8 Å². The van der Waals surface area contributed by atoms with E-state index in [9.17, 15) is 36.2 Å². The van der Waals surface area contributed by atoms with Crippen LogP contribution < -0.4 is 0 Å². The minimum Gasteiger partial charge on any atom is -0.459 e. The van der Waals surface area contributed by atoms with Crippen molar-refractivity contribution in [1.82, 2.24) is 0 Å². The maximum atomic E-state index is 12.8. The maximum absolute atomic E-state index is 12.8. The molecule has 5 unspecified atom stereocenters. The molecule has 0 spiro atoms. The van der Waals surface area contributed by atoms with E-state index in [2.05, 4.69) is 6.58 Å². The molecule has 0 aromatic heterocycles. The van der Waals surface area contributed by atoms with Crippen LogP contribution in [0.2, 0.25) is 0 Å². The third kappa shape index (κ3) is 4.42. The zero-order valence-electron chi connectivity index (χ0n) is 14.9. The number of alkyl halides is 6. The molecule has 0 amide bonds. The van der Waals surface area contributed by atoms with Crippen molar-refractivity contribution in [3.05, 3.63) is 12.2 Å². The van der Waals surface area contributed by atoms with Gasteiger partial charge in [0.05, 0.1) is 12.2 Å². The molecule has 2 bridgehead atoms. The Labute approximate surface area is 152 Å². The van der Waals surface area contributed by atoms with Crippen LogP contribution in [0.3, 0.4) is 0 Å². The molecule has 0 aromatic carbocycles. The van der Waals surface area contributed by atoms with E-state index in [1.807, 2.05) is 0 Å². The molecule has 156 valence electrons. The van der Waals surface area contributed by atoms with Gasteiger partial charge < -0.3 is 14.6 Å². The minimum atomic E-state index is -5.88. The summed E-state index contributed by atoms with van der Waals surface area (Å²) in [6.07, 6.45) is -14.4. The van der Waals surface area contributed by atoms with Gasteiger partial charge in [0.15, 0.2) is 0 Å². The fourth-order valence-electron chi connectivity index (χ4n) is 3.91. The van der Waals surface area contributed by atoms with Gasteiger partial charge in [0, 0.05) is 17.9 Å². The van der Waals surface area contributed by atoms with E-state index in [1.54, 1.807) is 0 Å². The van der Waals surface area contributed by atoms with E-state index in [1.165, 1.54) is 6.92 Å². The molecule has 2 aliphatic carbocycles. The predicted molar refractivity (Wildman–Crippen MR) is 81.5 cm³/mol. The zero-order valence-corrected chi connectivity index (χ0v) is 14.9. The highest BCUT2D eigenvalue weighted by atomic mass is 19.4. The first-order valence-corrected chi connectivity index (χ1v) is 8.53. The lowest BCUT2D eigenvalue weighted by molar-refractivity contribution is -0.375. The van der Waals surface area contributed by atoms with E-state index < -0.39 is 48.7 Å². The lowest BCUT2D eigenvalue weighted by atomic mass is 9.92. The fraction of sp³-hybridized carbons (Fsp3) is 0.824. The van der Waals surface area contributed by atoms with Crippen LogP contribution in [-0.2, 0) is 14.3 Å². The Kier molecular flexibility index (Phi) is 5.93. The van der Waals surface area contributed by atoms with Gasteiger partial charge >= 0.3 is 18.3 Å². The third-order valence-corrected chi connectivity index (χ3v) is 5.23. The number of aliphatic hydroxyl groups is 1. The molecule has 0 aromatic rings. The van der Waals surface area contributed by atoms with Crippen LogP contribution in [0.1, 0.15) is 39.5 Å². The smallest absolute Gasteiger partial charge is 0.426 e. The van der Waals surface area contributed by atoms with E-state index in [0.29, 0.717) is 19.3 Å². The summed E-state index contributed by atoms with van der Waals surface area (Å²) in [5.41, 5.74) is -4.65. The van der Waals surface area contributed by atoms with Gasteiger partial charge in [0.1, 0.15) is 6.10 Å². The monoisotopic (exact) mass is 404 g/mol. The molecule has 2 rings (SSSR count). The molecule has 0 aliphatic heterocycles. The van der Waals surface area contributed by atoms with Crippen LogP contribution in [0.4, 0.5) is 26.3 Å². The Bertz CT molecular complexity index is 571. The average molecular weight is 404 g/mol. The Balaban J connectivity index is 2.02.